The van der Waals surface area contributed by atoms with Gasteiger partial charge >= 0.3 is 0 Å². The minimum absolute atomic E-state index is 0.114. The number of nitrogens with zero attached hydrogens (tertiary/aromatic N) is 2. The topological polar surface area (TPSA) is 47.0 Å². The zero-order valence-electron chi connectivity index (χ0n) is 10.7. The maximum atomic E-state index is 13.5. The molecule has 0 radical (unpaired) electrons. The van der Waals surface area contributed by atoms with Gasteiger partial charge in [-0.25, -0.2) is 9.37 Å². The molecule has 0 fully saturated rings. The number of benzene rings is 1. The summed E-state index contributed by atoms with van der Waals surface area (Å²) in [6.07, 6.45) is 2.39. The van der Waals surface area contributed by atoms with Crippen molar-refractivity contribution < 1.29 is 13.5 Å². The van der Waals surface area contributed by atoms with Gasteiger partial charge < -0.3 is 10.1 Å². The lowest BCUT2D eigenvalue weighted by atomic mass is 10.3. The number of nitrogens with one attached hydrogen (secondary N) is 1. The Morgan fingerprint density at radius 2 is 2.15 bits per heavy atom. The van der Waals surface area contributed by atoms with Crippen molar-refractivity contribution in [1.29, 1.82) is 0 Å². The van der Waals surface area contributed by atoms with Gasteiger partial charge in [-0.15, -0.1) is 0 Å². The number of anilines is 1. The van der Waals surface area contributed by atoms with Gasteiger partial charge in [0.05, 0.1) is 10.7 Å². The van der Waals surface area contributed by atoms with Crippen LogP contribution in [0.4, 0.5) is 14.7 Å². The second kappa shape index (κ2) is 6.60. The maximum absolute atomic E-state index is 13.5. The van der Waals surface area contributed by atoms with Crippen LogP contribution in [0.15, 0.2) is 28.9 Å². The molecule has 0 aliphatic carbocycles. The summed E-state index contributed by atoms with van der Waals surface area (Å²) in [5.74, 6) is -1.78. The van der Waals surface area contributed by atoms with Crippen molar-refractivity contribution >= 4 is 21.9 Å². The van der Waals surface area contributed by atoms with Gasteiger partial charge in [-0.3, -0.25) is 0 Å². The van der Waals surface area contributed by atoms with Gasteiger partial charge in [0.25, 0.3) is 0 Å². The molecule has 0 spiro atoms. The second-order valence-electron chi connectivity index (χ2n) is 3.93. The summed E-state index contributed by atoms with van der Waals surface area (Å²) in [7, 11) is 0. The molecule has 0 saturated carbocycles. The molecule has 1 aromatic heterocycles. The van der Waals surface area contributed by atoms with Gasteiger partial charge in [-0.1, -0.05) is 13.0 Å². The predicted molar refractivity (Wildman–Crippen MR) is 74.9 cm³/mol. The van der Waals surface area contributed by atoms with Gasteiger partial charge in [-0.2, -0.15) is 9.37 Å². The molecule has 20 heavy (non-hydrogen) atoms. The molecule has 0 amide bonds. The largest absolute Gasteiger partial charge is 0.434 e. The number of rotatable bonds is 5. The standard InChI is InChI=1S/C13H12BrF2N3O/c1-2-6-17-13-18-7-8(14)12(19-13)20-10-5-3-4-9(15)11(10)16/h3-5,7H,2,6H2,1H3,(H,17,18,19). The fraction of sp³-hybridized carbons (Fsp3) is 0.231. The van der Waals surface area contributed by atoms with E-state index < -0.39 is 11.6 Å². The Labute approximate surface area is 123 Å². The van der Waals surface area contributed by atoms with E-state index in [0.717, 1.165) is 12.5 Å². The predicted octanol–water partition coefficient (Wildman–Crippen LogP) is 4.13. The molecule has 0 saturated heterocycles. The molecule has 0 bridgehead atoms. The smallest absolute Gasteiger partial charge is 0.238 e. The third kappa shape index (κ3) is 3.41. The van der Waals surface area contributed by atoms with E-state index in [1.807, 2.05) is 6.92 Å². The SMILES string of the molecule is CCCNc1ncc(Br)c(Oc2cccc(F)c2F)n1. The van der Waals surface area contributed by atoms with Crippen molar-refractivity contribution in [3.05, 3.63) is 40.5 Å². The van der Waals surface area contributed by atoms with Crippen molar-refractivity contribution in [2.75, 3.05) is 11.9 Å². The van der Waals surface area contributed by atoms with Crippen LogP contribution in [0.2, 0.25) is 0 Å². The van der Waals surface area contributed by atoms with Gasteiger partial charge in [0.1, 0.15) is 0 Å². The van der Waals surface area contributed by atoms with E-state index in [1.54, 1.807) is 0 Å². The first-order chi connectivity index (χ1) is 9.61. The Bertz CT molecular complexity index is 610. The maximum Gasteiger partial charge on any atom is 0.238 e. The van der Waals surface area contributed by atoms with Crippen LogP contribution >= 0.6 is 15.9 Å². The lowest BCUT2D eigenvalue weighted by molar-refractivity contribution is 0.403. The lowest BCUT2D eigenvalue weighted by Gasteiger charge is -2.09. The van der Waals surface area contributed by atoms with E-state index in [4.69, 9.17) is 4.74 Å². The number of aromatic nitrogens is 2. The number of hydrogen-bond donors (Lipinski definition) is 1. The Kier molecular flexibility index (Phi) is 4.84. The molecule has 0 aliphatic rings. The summed E-state index contributed by atoms with van der Waals surface area (Å²) >= 11 is 3.21. The Balaban J connectivity index is 2.26. The average molecular weight is 344 g/mol. The van der Waals surface area contributed by atoms with Gasteiger partial charge in [0, 0.05) is 6.54 Å². The summed E-state index contributed by atoms with van der Waals surface area (Å²) in [5.41, 5.74) is 0. The Hall–Kier alpha value is -1.76. The number of halogens is 3. The summed E-state index contributed by atoms with van der Waals surface area (Å²) in [4.78, 5) is 8.14. The van der Waals surface area contributed by atoms with Crippen LogP contribution in [-0.4, -0.2) is 16.5 Å². The van der Waals surface area contributed by atoms with Gasteiger partial charge in [-0.05, 0) is 34.5 Å². The van der Waals surface area contributed by atoms with Gasteiger partial charge in [0.2, 0.25) is 17.6 Å². The van der Waals surface area contributed by atoms with Crippen molar-refractivity contribution in [2.45, 2.75) is 13.3 Å². The molecule has 4 nitrogen and oxygen atoms in total. The fourth-order valence-corrected chi connectivity index (χ4v) is 1.68. The quantitative estimate of drug-likeness (QED) is 0.886. The Morgan fingerprint density at radius 3 is 2.90 bits per heavy atom. The van der Waals surface area contributed by atoms with Crippen LogP contribution in [0.25, 0.3) is 0 Å². The third-order valence-corrected chi connectivity index (χ3v) is 2.91. The van der Waals surface area contributed by atoms with Gasteiger partial charge in [0.15, 0.2) is 11.6 Å². The molecule has 2 aromatic rings. The van der Waals surface area contributed by atoms with Crippen LogP contribution in [-0.2, 0) is 0 Å². The summed E-state index contributed by atoms with van der Waals surface area (Å²) < 4.78 is 32.4. The van der Waals surface area contributed by atoms with Crippen molar-refractivity contribution in [2.24, 2.45) is 0 Å². The summed E-state index contributed by atoms with van der Waals surface area (Å²) in [6, 6.07) is 3.71. The molecule has 106 valence electrons. The van der Waals surface area contributed by atoms with Crippen molar-refractivity contribution in [3.8, 4) is 11.6 Å². The summed E-state index contributed by atoms with van der Waals surface area (Å²) in [6.45, 7) is 2.71. The second-order valence-corrected chi connectivity index (χ2v) is 4.78. The minimum atomic E-state index is -1.05. The molecule has 7 heteroatoms. The molecule has 1 aromatic carbocycles. The van der Waals surface area contributed by atoms with Crippen LogP contribution < -0.4 is 10.1 Å². The highest BCUT2D eigenvalue weighted by Gasteiger charge is 2.13. The lowest BCUT2D eigenvalue weighted by Crippen LogP contribution is -2.05. The van der Waals surface area contributed by atoms with E-state index in [-0.39, 0.29) is 11.6 Å². The van der Waals surface area contributed by atoms with Crippen molar-refractivity contribution in [1.82, 2.24) is 9.97 Å². The monoisotopic (exact) mass is 343 g/mol. The van der Waals surface area contributed by atoms with Crippen LogP contribution in [0.1, 0.15) is 13.3 Å². The van der Waals surface area contributed by atoms with E-state index in [9.17, 15) is 8.78 Å². The minimum Gasteiger partial charge on any atom is -0.434 e. The number of hydrogen-bond acceptors (Lipinski definition) is 4. The molecule has 1 N–H and O–H groups in total. The third-order valence-electron chi connectivity index (χ3n) is 2.37. The van der Waals surface area contributed by atoms with Crippen LogP contribution in [0.3, 0.4) is 0 Å². The molecular weight excluding hydrogens is 332 g/mol. The molecular formula is C13H12BrF2N3O. The highest BCUT2D eigenvalue weighted by molar-refractivity contribution is 9.10. The zero-order chi connectivity index (χ0) is 14.5. The summed E-state index contributed by atoms with van der Waals surface area (Å²) in [5, 5.41) is 2.98. The van der Waals surface area contributed by atoms with E-state index in [1.165, 1.54) is 18.3 Å². The first kappa shape index (κ1) is 14.6. The average Bonchev–Trinajstić information content (AvgIpc) is 2.44. The first-order valence-corrected chi connectivity index (χ1v) is 6.79. The fourth-order valence-electron chi connectivity index (χ4n) is 1.41. The highest BCUT2D eigenvalue weighted by Crippen LogP contribution is 2.30. The molecule has 0 unspecified atom stereocenters. The molecule has 2 rings (SSSR count). The van der Waals surface area contributed by atoms with Crippen LogP contribution in [0, 0.1) is 11.6 Å². The van der Waals surface area contributed by atoms with Crippen molar-refractivity contribution in [3.63, 3.8) is 0 Å². The molecule has 0 atom stereocenters. The highest BCUT2D eigenvalue weighted by atomic mass is 79.9. The van der Waals surface area contributed by atoms with E-state index >= 15 is 0 Å². The molecule has 0 aliphatic heterocycles. The van der Waals surface area contributed by atoms with E-state index in [0.29, 0.717) is 17.0 Å². The normalized spacial score (nSPS) is 10.4. The Morgan fingerprint density at radius 1 is 1.35 bits per heavy atom. The number of ether oxygens (including phenoxy) is 1. The van der Waals surface area contributed by atoms with Crippen LogP contribution in [0.5, 0.6) is 11.6 Å². The zero-order valence-corrected chi connectivity index (χ0v) is 12.2. The first-order valence-electron chi connectivity index (χ1n) is 6.00. The molecule has 1 heterocycles. The van der Waals surface area contributed by atoms with E-state index in [2.05, 4.69) is 31.2 Å².